The summed E-state index contributed by atoms with van der Waals surface area (Å²) < 4.78 is 0. The smallest absolute Gasteiger partial charge is 0.354 e. The van der Waals surface area contributed by atoms with Crippen molar-refractivity contribution in [2.75, 3.05) is 5.32 Å². The number of benzene rings is 1. The van der Waals surface area contributed by atoms with Gasteiger partial charge in [0.2, 0.25) is 5.91 Å². The van der Waals surface area contributed by atoms with Gasteiger partial charge in [-0.15, -0.1) is 0 Å². The summed E-state index contributed by atoms with van der Waals surface area (Å²) in [7, 11) is 0. The first kappa shape index (κ1) is 14.8. The number of hydrogen-bond donors (Lipinski definition) is 3. The number of amides is 1. The van der Waals surface area contributed by atoms with Gasteiger partial charge in [0.1, 0.15) is 5.69 Å². The highest BCUT2D eigenvalue weighted by atomic mass is 16.4. The highest BCUT2D eigenvalue weighted by Gasteiger charge is 2.16. The Bertz CT molecular complexity index is 702. The summed E-state index contributed by atoms with van der Waals surface area (Å²) in [5, 5.41) is 11.7. The zero-order chi connectivity index (χ0) is 15.6. The van der Waals surface area contributed by atoms with Gasteiger partial charge < -0.3 is 15.4 Å². The lowest BCUT2D eigenvalue weighted by Gasteiger charge is -2.08. The number of rotatable bonds is 4. The van der Waals surface area contributed by atoms with E-state index in [4.69, 9.17) is 5.11 Å². The molecule has 0 fully saturated rings. The lowest BCUT2D eigenvalue weighted by atomic mass is 10.0. The van der Waals surface area contributed by atoms with Crippen LogP contribution in [0.4, 0.5) is 5.69 Å². The molecule has 2 rings (SSSR count). The number of carbonyl (C=O) groups excluding carboxylic acids is 1. The van der Waals surface area contributed by atoms with E-state index in [2.05, 4.69) is 10.3 Å². The van der Waals surface area contributed by atoms with E-state index in [1.165, 1.54) is 0 Å². The van der Waals surface area contributed by atoms with Crippen LogP contribution in [0.2, 0.25) is 0 Å². The molecule has 3 N–H and O–H groups in total. The molecule has 0 unspecified atom stereocenters. The molecule has 0 aliphatic heterocycles. The van der Waals surface area contributed by atoms with E-state index in [-0.39, 0.29) is 18.0 Å². The number of carboxylic acid groups (broad SMARTS) is 1. The number of H-pyrrole nitrogens is 1. The second-order valence-electron chi connectivity index (χ2n) is 5.20. The Morgan fingerprint density at radius 2 is 1.90 bits per heavy atom. The van der Waals surface area contributed by atoms with Crippen molar-refractivity contribution in [3.05, 3.63) is 52.3 Å². The SMILES string of the molecule is Cc1ccc(C)c(CC(=O)Nc2cc(C)[nH]c2C(=O)O)c1. The molecule has 5 nitrogen and oxygen atoms in total. The van der Waals surface area contributed by atoms with E-state index in [0.29, 0.717) is 11.4 Å². The van der Waals surface area contributed by atoms with Crippen molar-refractivity contribution in [1.29, 1.82) is 0 Å². The molecule has 110 valence electrons. The third-order valence-corrected chi connectivity index (χ3v) is 3.30. The molecule has 0 saturated heterocycles. The minimum Gasteiger partial charge on any atom is -0.477 e. The van der Waals surface area contributed by atoms with Crippen LogP contribution in [-0.4, -0.2) is 22.0 Å². The molecule has 0 spiro atoms. The van der Waals surface area contributed by atoms with Crippen LogP contribution in [0.25, 0.3) is 0 Å². The number of nitrogens with one attached hydrogen (secondary N) is 2. The third kappa shape index (κ3) is 3.51. The van der Waals surface area contributed by atoms with Crippen LogP contribution in [0, 0.1) is 20.8 Å². The van der Waals surface area contributed by atoms with E-state index in [1.807, 2.05) is 32.0 Å². The Kier molecular flexibility index (Phi) is 4.12. The number of anilines is 1. The number of carbonyl (C=O) groups is 2. The number of aromatic nitrogens is 1. The highest BCUT2D eigenvalue weighted by molar-refractivity contribution is 6.00. The molecule has 0 saturated carbocycles. The van der Waals surface area contributed by atoms with Crippen LogP contribution in [0.3, 0.4) is 0 Å². The Morgan fingerprint density at radius 1 is 1.19 bits per heavy atom. The first-order chi connectivity index (χ1) is 9.86. The fraction of sp³-hybridized carbons (Fsp3) is 0.250. The number of aryl methyl sites for hydroxylation is 3. The summed E-state index contributed by atoms with van der Waals surface area (Å²) in [6.45, 7) is 5.66. The first-order valence-corrected chi connectivity index (χ1v) is 6.65. The van der Waals surface area contributed by atoms with Crippen LogP contribution in [-0.2, 0) is 11.2 Å². The number of carboxylic acids is 1. The normalized spacial score (nSPS) is 10.4. The van der Waals surface area contributed by atoms with Gasteiger partial charge in [0, 0.05) is 5.69 Å². The fourth-order valence-corrected chi connectivity index (χ4v) is 2.21. The van der Waals surface area contributed by atoms with Crippen LogP contribution >= 0.6 is 0 Å². The quantitative estimate of drug-likeness (QED) is 0.808. The summed E-state index contributed by atoms with van der Waals surface area (Å²) in [5.74, 6) is -1.32. The Balaban J connectivity index is 2.15. The molecule has 5 heteroatoms. The van der Waals surface area contributed by atoms with Crippen molar-refractivity contribution in [3.8, 4) is 0 Å². The highest BCUT2D eigenvalue weighted by Crippen LogP contribution is 2.18. The number of hydrogen-bond acceptors (Lipinski definition) is 2. The van der Waals surface area contributed by atoms with E-state index < -0.39 is 5.97 Å². The summed E-state index contributed by atoms with van der Waals surface area (Å²) >= 11 is 0. The zero-order valence-electron chi connectivity index (χ0n) is 12.3. The second-order valence-corrected chi connectivity index (χ2v) is 5.20. The number of aromatic carboxylic acids is 1. The minimum atomic E-state index is -1.09. The Morgan fingerprint density at radius 3 is 2.57 bits per heavy atom. The molecular weight excluding hydrogens is 268 g/mol. The van der Waals surface area contributed by atoms with Crippen molar-refractivity contribution in [2.45, 2.75) is 27.2 Å². The molecule has 0 radical (unpaired) electrons. The fourth-order valence-electron chi connectivity index (χ4n) is 2.21. The van der Waals surface area contributed by atoms with Crippen LogP contribution < -0.4 is 5.32 Å². The summed E-state index contributed by atoms with van der Waals surface area (Å²) in [6, 6.07) is 7.55. The van der Waals surface area contributed by atoms with Gasteiger partial charge in [0.25, 0.3) is 0 Å². The molecular formula is C16H18N2O3. The largest absolute Gasteiger partial charge is 0.477 e. The molecule has 0 aliphatic carbocycles. The molecule has 21 heavy (non-hydrogen) atoms. The van der Waals surface area contributed by atoms with E-state index >= 15 is 0 Å². The van der Waals surface area contributed by atoms with Gasteiger partial charge >= 0.3 is 5.97 Å². The van der Waals surface area contributed by atoms with E-state index in [0.717, 1.165) is 16.7 Å². The molecule has 1 aromatic carbocycles. The third-order valence-electron chi connectivity index (χ3n) is 3.30. The molecule has 1 heterocycles. The van der Waals surface area contributed by atoms with Gasteiger partial charge in [0.05, 0.1) is 12.1 Å². The van der Waals surface area contributed by atoms with Crippen LogP contribution in [0.15, 0.2) is 24.3 Å². The van der Waals surface area contributed by atoms with Gasteiger partial charge in [-0.25, -0.2) is 4.79 Å². The van der Waals surface area contributed by atoms with Crippen molar-refractivity contribution < 1.29 is 14.7 Å². The van der Waals surface area contributed by atoms with E-state index in [9.17, 15) is 9.59 Å². The Hall–Kier alpha value is -2.56. The number of aromatic amines is 1. The predicted octanol–water partition coefficient (Wildman–Crippen LogP) is 2.82. The van der Waals surface area contributed by atoms with Gasteiger partial charge in [-0.2, -0.15) is 0 Å². The maximum absolute atomic E-state index is 12.1. The van der Waals surface area contributed by atoms with Crippen molar-refractivity contribution in [1.82, 2.24) is 4.98 Å². The molecule has 1 amide bonds. The lowest BCUT2D eigenvalue weighted by molar-refractivity contribution is -0.115. The average molecular weight is 286 g/mol. The molecule has 0 atom stereocenters. The molecule has 2 aromatic rings. The van der Waals surface area contributed by atoms with Gasteiger partial charge in [-0.3, -0.25) is 4.79 Å². The average Bonchev–Trinajstić information content (AvgIpc) is 2.75. The summed E-state index contributed by atoms with van der Waals surface area (Å²) in [6.07, 6.45) is 0.219. The maximum Gasteiger partial charge on any atom is 0.354 e. The zero-order valence-corrected chi connectivity index (χ0v) is 12.3. The van der Waals surface area contributed by atoms with Crippen LogP contribution in [0.1, 0.15) is 32.9 Å². The first-order valence-electron chi connectivity index (χ1n) is 6.65. The maximum atomic E-state index is 12.1. The predicted molar refractivity (Wildman–Crippen MR) is 80.7 cm³/mol. The monoisotopic (exact) mass is 286 g/mol. The lowest BCUT2D eigenvalue weighted by Crippen LogP contribution is -2.16. The van der Waals surface area contributed by atoms with Gasteiger partial charge in [0.15, 0.2) is 0 Å². The molecule has 1 aromatic heterocycles. The Labute approximate surface area is 123 Å². The topological polar surface area (TPSA) is 82.2 Å². The second kappa shape index (κ2) is 5.83. The van der Waals surface area contributed by atoms with Crippen molar-refractivity contribution in [2.24, 2.45) is 0 Å². The van der Waals surface area contributed by atoms with Gasteiger partial charge in [-0.05, 0) is 38.0 Å². The van der Waals surface area contributed by atoms with Crippen LogP contribution in [0.5, 0.6) is 0 Å². The van der Waals surface area contributed by atoms with Crippen molar-refractivity contribution in [3.63, 3.8) is 0 Å². The van der Waals surface area contributed by atoms with Gasteiger partial charge in [-0.1, -0.05) is 23.8 Å². The summed E-state index contributed by atoms with van der Waals surface area (Å²) in [5.41, 5.74) is 4.06. The van der Waals surface area contributed by atoms with E-state index in [1.54, 1.807) is 13.0 Å². The minimum absolute atomic E-state index is 0.00168. The summed E-state index contributed by atoms with van der Waals surface area (Å²) in [4.78, 5) is 25.9. The molecule has 0 aliphatic rings. The van der Waals surface area contributed by atoms with Crippen molar-refractivity contribution >= 4 is 17.6 Å². The molecule has 0 bridgehead atoms. The standard InChI is InChI=1S/C16H18N2O3/c1-9-4-5-10(2)12(6-9)8-14(19)18-13-7-11(3)17-15(13)16(20)21/h4-7,17H,8H2,1-3H3,(H,18,19)(H,20,21).